The predicted molar refractivity (Wildman–Crippen MR) is 91.8 cm³/mol. The molecule has 2 amide bonds. The summed E-state index contributed by atoms with van der Waals surface area (Å²) in [5.74, 6) is 0. The Morgan fingerprint density at radius 1 is 1.48 bits per heavy atom. The molecule has 1 aliphatic rings. The van der Waals surface area contributed by atoms with Gasteiger partial charge >= 0.3 is 6.03 Å². The molecule has 3 heterocycles. The summed E-state index contributed by atoms with van der Waals surface area (Å²) in [6.45, 7) is 7.72. The molecule has 0 spiro atoms. The number of rotatable bonds is 4. The highest BCUT2D eigenvalue weighted by Gasteiger charge is 2.32. The van der Waals surface area contributed by atoms with Crippen molar-refractivity contribution in [3.8, 4) is 0 Å². The summed E-state index contributed by atoms with van der Waals surface area (Å²) in [4.78, 5) is 19.0. The van der Waals surface area contributed by atoms with Crippen molar-refractivity contribution in [3.63, 3.8) is 0 Å². The van der Waals surface area contributed by atoms with E-state index < -0.39 is 0 Å². The molecule has 3 rings (SSSR count). The minimum absolute atomic E-state index is 0.0510. The van der Waals surface area contributed by atoms with Crippen molar-refractivity contribution in [2.75, 3.05) is 11.9 Å². The molecule has 2 aromatic rings. The van der Waals surface area contributed by atoms with Crippen LogP contribution in [-0.2, 0) is 6.54 Å². The Bertz CT molecular complexity index is 679. The van der Waals surface area contributed by atoms with E-state index in [1.54, 1.807) is 17.5 Å². The van der Waals surface area contributed by atoms with Gasteiger partial charge in [-0.3, -0.25) is 4.68 Å². The minimum Gasteiger partial charge on any atom is -0.315 e. The van der Waals surface area contributed by atoms with Crippen LogP contribution in [0.1, 0.15) is 48.6 Å². The first kappa shape index (κ1) is 16.0. The number of carbonyl (C=O) groups excluding carboxylic acids is 1. The number of hydrogen-bond donors (Lipinski definition) is 1. The quantitative estimate of drug-likeness (QED) is 0.927. The number of nitrogens with zero attached hydrogens (tertiary/aromatic N) is 4. The molecule has 0 bridgehead atoms. The lowest BCUT2D eigenvalue weighted by molar-refractivity contribution is 0.207. The van der Waals surface area contributed by atoms with Crippen molar-refractivity contribution in [2.24, 2.45) is 0 Å². The van der Waals surface area contributed by atoms with E-state index in [1.165, 1.54) is 0 Å². The molecule has 2 aromatic heterocycles. The first-order valence-corrected chi connectivity index (χ1v) is 9.00. The van der Waals surface area contributed by atoms with Crippen LogP contribution in [0.15, 0.2) is 11.6 Å². The Morgan fingerprint density at radius 3 is 3.00 bits per heavy atom. The van der Waals surface area contributed by atoms with Crippen molar-refractivity contribution >= 4 is 23.1 Å². The molecule has 6 nitrogen and oxygen atoms in total. The van der Waals surface area contributed by atoms with Crippen LogP contribution < -0.4 is 5.32 Å². The third kappa shape index (κ3) is 3.10. The first-order valence-electron chi connectivity index (χ1n) is 8.12. The minimum atomic E-state index is -0.0510. The molecule has 1 fully saturated rings. The van der Waals surface area contributed by atoms with E-state index in [0.717, 1.165) is 54.4 Å². The van der Waals surface area contributed by atoms with Gasteiger partial charge in [0.1, 0.15) is 5.01 Å². The Labute approximate surface area is 140 Å². The highest BCUT2D eigenvalue weighted by molar-refractivity contribution is 7.09. The highest BCUT2D eigenvalue weighted by Crippen LogP contribution is 2.33. The molecule has 0 aromatic carbocycles. The molecule has 23 heavy (non-hydrogen) atoms. The Hall–Kier alpha value is -1.89. The Kier molecular flexibility index (Phi) is 4.66. The number of aryl methyl sites for hydroxylation is 2. The van der Waals surface area contributed by atoms with Crippen LogP contribution in [-0.4, -0.2) is 32.2 Å². The molecular formula is C16H23N5OS. The number of urea groups is 1. The fourth-order valence-corrected chi connectivity index (χ4v) is 3.94. The average molecular weight is 333 g/mol. The lowest BCUT2D eigenvalue weighted by Gasteiger charge is -2.23. The Morgan fingerprint density at radius 2 is 2.30 bits per heavy atom. The SMILES string of the molecule is CCCn1nc(C)c(NC(=O)N2CCC[C@H]2c2nccs2)c1C. The van der Waals surface area contributed by atoms with Crippen molar-refractivity contribution in [1.29, 1.82) is 0 Å². The second-order valence-electron chi connectivity index (χ2n) is 5.92. The molecule has 0 unspecified atom stereocenters. The third-order valence-corrected chi connectivity index (χ3v) is 5.18. The predicted octanol–water partition coefficient (Wildman–Crippen LogP) is 3.74. The number of thiazole rings is 1. The largest absolute Gasteiger partial charge is 0.322 e. The van der Waals surface area contributed by atoms with Gasteiger partial charge in [-0.05, 0) is 33.1 Å². The molecule has 1 aliphatic heterocycles. The van der Waals surface area contributed by atoms with Gasteiger partial charge < -0.3 is 10.2 Å². The molecule has 1 saturated heterocycles. The van der Waals surface area contributed by atoms with Crippen LogP contribution >= 0.6 is 11.3 Å². The molecule has 0 aliphatic carbocycles. The van der Waals surface area contributed by atoms with Crippen molar-refractivity contribution < 1.29 is 4.79 Å². The summed E-state index contributed by atoms with van der Waals surface area (Å²) < 4.78 is 1.97. The standard InChI is InChI=1S/C16H23N5OS/c1-4-8-21-12(3)14(11(2)19-21)18-16(22)20-9-5-6-13(20)15-17-7-10-23-15/h7,10,13H,4-6,8-9H2,1-3H3,(H,18,22)/t13-/m0/s1. The van der Waals surface area contributed by atoms with E-state index in [9.17, 15) is 4.79 Å². The zero-order valence-corrected chi connectivity index (χ0v) is 14.7. The smallest absolute Gasteiger partial charge is 0.315 e. The van der Waals surface area contributed by atoms with Crippen LogP contribution in [0, 0.1) is 13.8 Å². The maximum Gasteiger partial charge on any atom is 0.322 e. The van der Waals surface area contributed by atoms with E-state index in [-0.39, 0.29) is 12.1 Å². The van der Waals surface area contributed by atoms with E-state index in [1.807, 2.05) is 28.8 Å². The number of carbonyl (C=O) groups is 1. The maximum atomic E-state index is 12.7. The average Bonchev–Trinajstić information content (AvgIpc) is 3.24. The van der Waals surface area contributed by atoms with Crippen LogP contribution in [0.2, 0.25) is 0 Å². The van der Waals surface area contributed by atoms with E-state index >= 15 is 0 Å². The lowest BCUT2D eigenvalue weighted by Crippen LogP contribution is -2.34. The van der Waals surface area contributed by atoms with Crippen molar-refractivity contribution in [2.45, 2.75) is 52.6 Å². The molecule has 124 valence electrons. The lowest BCUT2D eigenvalue weighted by atomic mass is 10.2. The fourth-order valence-electron chi connectivity index (χ4n) is 3.15. The second kappa shape index (κ2) is 6.70. The van der Waals surface area contributed by atoms with Crippen LogP contribution in [0.5, 0.6) is 0 Å². The second-order valence-corrected chi connectivity index (χ2v) is 6.85. The van der Waals surface area contributed by atoms with E-state index in [4.69, 9.17) is 0 Å². The number of aromatic nitrogens is 3. The summed E-state index contributed by atoms with van der Waals surface area (Å²) in [5.41, 5.74) is 2.73. The molecule has 1 N–H and O–H groups in total. The summed E-state index contributed by atoms with van der Waals surface area (Å²) in [7, 11) is 0. The van der Waals surface area contributed by atoms with Gasteiger partial charge in [-0.15, -0.1) is 11.3 Å². The van der Waals surface area contributed by atoms with E-state index in [0.29, 0.717) is 0 Å². The summed E-state index contributed by atoms with van der Waals surface area (Å²) >= 11 is 1.62. The normalized spacial score (nSPS) is 17.7. The third-order valence-electron chi connectivity index (χ3n) is 4.30. The van der Waals surface area contributed by atoms with E-state index in [2.05, 4.69) is 22.3 Å². The topological polar surface area (TPSA) is 63.1 Å². The van der Waals surface area contributed by atoms with Crippen LogP contribution in [0.3, 0.4) is 0 Å². The summed E-state index contributed by atoms with van der Waals surface area (Å²) in [6.07, 6.45) is 4.82. The highest BCUT2D eigenvalue weighted by atomic mass is 32.1. The fraction of sp³-hybridized carbons (Fsp3) is 0.562. The number of hydrogen-bond acceptors (Lipinski definition) is 4. The number of likely N-dealkylation sites (tertiary alicyclic amines) is 1. The van der Waals surface area contributed by atoms with Gasteiger partial charge in [-0.1, -0.05) is 6.92 Å². The van der Waals surface area contributed by atoms with Crippen LogP contribution in [0.25, 0.3) is 0 Å². The maximum absolute atomic E-state index is 12.7. The summed E-state index contributed by atoms with van der Waals surface area (Å²) in [6, 6.07) is 0.0475. The van der Waals surface area contributed by atoms with Gasteiger partial charge in [0.2, 0.25) is 0 Å². The number of nitrogens with one attached hydrogen (secondary N) is 1. The van der Waals surface area contributed by atoms with Crippen molar-refractivity contribution in [3.05, 3.63) is 28.0 Å². The molecule has 1 atom stereocenters. The zero-order chi connectivity index (χ0) is 16.4. The summed E-state index contributed by atoms with van der Waals surface area (Å²) in [5, 5.41) is 10.6. The molecule has 7 heteroatoms. The van der Waals surface area contributed by atoms with Gasteiger partial charge in [0, 0.05) is 24.7 Å². The van der Waals surface area contributed by atoms with Crippen molar-refractivity contribution in [1.82, 2.24) is 19.7 Å². The van der Waals surface area contributed by atoms with Gasteiger partial charge in [0.25, 0.3) is 0 Å². The van der Waals surface area contributed by atoms with Gasteiger partial charge in [0.05, 0.1) is 23.1 Å². The van der Waals surface area contributed by atoms with Gasteiger partial charge in [-0.25, -0.2) is 9.78 Å². The molecule has 0 radical (unpaired) electrons. The zero-order valence-electron chi connectivity index (χ0n) is 13.9. The Balaban J connectivity index is 1.76. The monoisotopic (exact) mass is 333 g/mol. The van der Waals surface area contributed by atoms with Gasteiger partial charge in [0.15, 0.2) is 0 Å². The number of amides is 2. The first-order chi connectivity index (χ1) is 11.1. The molecule has 0 saturated carbocycles. The number of anilines is 1. The van der Waals surface area contributed by atoms with Crippen LogP contribution in [0.4, 0.5) is 10.5 Å². The molecular weight excluding hydrogens is 310 g/mol. The van der Waals surface area contributed by atoms with Gasteiger partial charge in [-0.2, -0.15) is 5.10 Å².